The van der Waals surface area contributed by atoms with Crippen molar-refractivity contribution in [2.75, 3.05) is 0 Å². The molecule has 0 spiro atoms. The number of hydrogen-bond donors (Lipinski definition) is 1. The molecule has 0 saturated carbocycles. The van der Waals surface area contributed by atoms with Gasteiger partial charge in [0.2, 0.25) is 0 Å². The molecule has 0 bridgehead atoms. The number of aliphatic carboxylic acids is 1. The molecule has 0 fully saturated rings. The lowest BCUT2D eigenvalue weighted by Gasteiger charge is -2.03. The summed E-state index contributed by atoms with van der Waals surface area (Å²) < 4.78 is 6.69. The molecular weight excluding hydrogens is 296 g/mol. The molecule has 1 N–H and O–H groups in total. The number of carboxylic acid groups (broad SMARTS) is 1. The lowest BCUT2D eigenvalue weighted by atomic mass is 10.1. The minimum atomic E-state index is -0.812. The second kappa shape index (κ2) is 5.40. The van der Waals surface area contributed by atoms with E-state index < -0.39 is 5.97 Å². The van der Waals surface area contributed by atoms with Gasteiger partial charge in [-0.15, -0.1) is 0 Å². The Balaban J connectivity index is 2.21. The first kappa shape index (κ1) is 12.9. The van der Waals surface area contributed by atoms with Gasteiger partial charge in [-0.2, -0.15) is 0 Å². The van der Waals surface area contributed by atoms with Gasteiger partial charge in [0.05, 0.1) is 6.42 Å². The van der Waals surface area contributed by atoms with Crippen molar-refractivity contribution in [2.45, 2.75) is 19.8 Å². The van der Waals surface area contributed by atoms with Crippen molar-refractivity contribution in [1.82, 2.24) is 0 Å². The maximum atomic E-state index is 10.5. The minimum absolute atomic E-state index is 0.0896. The van der Waals surface area contributed by atoms with Crippen molar-refractivity contribution >= 4 is 21.9 Å². The van der Waals surface area contributed by atoms with E-state index in [-0.39, 0.29) is 6.42 Å². The molecule has 4 heteroatoms. The highest BCUT2D eigenvalue weighted by atomic mass is 79.9. The average molecular weight is 309 g/mol. The van der Waals surface area contributed by atoms with E-state index in [1.165, 1.54) is 0 Å². The van der Waals surface area contributed by atoms with Gasteiger partial charge < -0.3 is 9.52 Å². The molecule has 0 radical (unpaired) electrons. The zero-order valence-corrected chi connectivity index (χ0v) is 11.5. The summed E-state index contributed by atoms with van der Waals surface area (Å²) in [6.07, 6.45) is 0.511. The Morgan fingerprint density at radius 1 is 1.33 bits per heavy atom. The summed E-state index contributed by atoms with van der Waals surface area (Å²) in [6.45, 7) is 2.01. The van der Waals surface area contributed by atoms with Gasteiger partial charge in [0, 0.05) is 16.5 Å². The molecule has 0 unspecified atom stereocenters. The fraction of sp³-hybridized carbons (Fsp3) is 0.214. The highest BCUT2D eigenvalue weighted by Crippen LogP contribution is 2.28. The number of carboxylic acids is 1. The highest BCUT2D eigenvalue weighted by molar-refractivity contribution is 9.10. The molecule has 0 saturated heterocycles. The van der Waals surface area contributed by atoms with E-state index in [1.807, 2.05) is 37.3 Å². The lowest BCUT2D eigenvalue weighted by Crippen LogP contribution is -1.96. The largest absolute Gasteiger partial charge is 0.481 e. The van der Waals surface area contributed by atoms with Crippen LogP contribution >= 0.6 is 15.9 Å². The number of aryl methyl sites for hydroxylation is 2. The molecule has 0 aliphatic carbocycles. The Morgan fingerprint density at radius 3 is 2.78 bits per heavy atom. The van der Waals surface area contributed by atoms with Gasteiger partial charge in [-0.3, -0.25) is 4.79 Å². The molecule has 1 aromatic heterocycles. The molecule has 0 amide bonds. The predicted octanol–water partition coefficient (Wildman–Crippen LogP) is 4.03. The van der Waals surface area contributed by atoms with Crippen LogP contribution in [-0.4, -0.2) is 11.1 Å². The van der Waals surface area contributed by atoms with E-state index in [9.17, 15) is 4.79 Å². The SMILES string of the molecule is Cc1cc(Br)ccc1-c1ccc(CCC(=O)O)o1. The first-order valence-electron chi connectivity index (χ1n) is 5.63. The monoisotopic (exact) mass is 308 g/mol. The van der Waals surface area contributed by atoms with Crippen molar-refractivity contribution in [3.05, 3.63) is 46.1 Å². The number of benzene rings is 1. The number of furan rings is 1. The molecule has 3 nitrogen and oxygen atoms in total. The van der Waals surface area contributed by atoms with Crippen LogP contribution in [0.4, 0.5) is 0 Å². The predicted molar refractivity (Wildman–Crippen MR) is 72.5 cm³/mol. The Morgan fingerprint density at radius 2 is 2.11 bits per heavy atom. The van der Waals surface area contributed by atoms with Crippen LogP contribution in [0.2, 0.25) is 0 Å². The second-order valence-corrected chi connectivity index (χ2v) is 5.03. The third-order valence-electron chi connectivity index (χ3n) is 2.70. The number of halogens is 1. The quantitative estimate of drug-likeness (QED) is 0.927. The molecule has 0 aliphatic heterocycles. The van der Waals surface area contributed by atoms with Gasteiger partial charge in [0.25, 0.3) is 0 Å². The van der Waals surface area contributed by atoms with Gasteiger partial charge in [-0.1, -0.05) is 15.9 Å². The number of rotatable bonds is 4. The van der Waals surface area contributed by atoms with Crippen LogP contribution in [-0.2, 0) is 11.2 Å². The zero-order chi connectivity index (χ0) is 13.1. The van der Waals surface area contributed by atoms with E-state index >= 15 is 0 Å². The lowest BCUT2D eigenvalue weighted by molar-refractivity contribution is -0.137. The fourth-order valence-corrected chi connectivity index (χ4v) is 2.27. The molecule has 2 rings (SSSR count). The van der Waals surface area contributed by atoms with Crippen LogP contribution in [0, 0.1) is 6.92 Å². The summed E-state index contributed by atoms with van der Waals surface area (Å²) in [6, 6.07) is 9.68. The normalized spacial score (nSPS) is 10.6. The van der Waals surface area contributed by atoms with Gasteiger partial charge in [0.1, 0.15) is 11.5 Å². The summed E-state index contributed by atoms with van der Waals surface area (Å²) >= 11 is 3.42. The molecule has 1 heterocycles. The van der Waals surface area contributed by atoms with E-state index in [0.29, 0.717) is 12.2 Å². The summed E-state index contributed by atoms with van der Waals surface area (Å²) in [5.41, 5.74) is 2.14. The van der Waals surface area contributed by atoms with Gasteiger partial charge in [-0.05, 0) is 42.8 Å². The summed E-state index contributed by atoms with van der Waals surface area (Å²) in [4.78, 5) is 10.5. The average Bonchev–Trinajstić information content (AvgIpc) is 2.75. The Hall–Kier alpha value is -1.55. The first-order chi connectivity index (χ1) is 8.56. The minimum Gasteiger partial charge on any atom is -0.481 e. The standard InChI is InChI=1S/C14H13BrO3/c1-9-8-10(15)2-5-12(9)13-6-3-11(18-13)4-7-14(16)17/h2-3,5-6,8H,4,7H2,1H3,(H,16,17). The molecule has 94 valence electrons. The third-order valence-corrected chi connectivity index (χ3v) is 3.19. The maximum Gasteiger partial charge on any atom is 0.303 e. The van der Waals surface area contributed by atoms with Gasteiger partial charge in [-0.25, -0.2) is 0 Å². The van der Waals surface area contributed by atoms with E-state index in [2.05, 4.69) is 15.9 Å². The third kappa shape index (κ3) is 3.01. The Bertz CT molecular complexity index is 572. The van der Waals surface area contributed by atoms with Crippen LogP contribution < -0.4 is 0 Å². The highest BCUT2D eigenvalue weighted by Gasteiger charge is 2.08. The Kier molecular flexibility index (Phi) is 3.87. The zero-order valence-electron chi connectivity index (χ0n) is 9.94. The van der Waals surface area contributed by atoms with Crippen molar-refractivity contribution < 1.29 is 14.3 Å². The Labute approximate surface area is 114 Å². The van der Waals surface area contributed by atoms with E-state index in [0.717, 1.165) is 21.4 Å². The number of carbonyl (C=O) groups is 1. The van der Waals surface area contributed by atoms with Crippen molar-refractivity contribution in [3.8, 4) is 11.3 Å². The van der Waals surface area contributed by atoms with Crippen LogP contribution in [0.5, 0.6) is 0 Å². The van der Waals surface area contributed by atoms with Crippen molar-refractivity contribution in [1.29, 1.82) is 0 Å². The summed E-state index contributed by atoms with van der Waals surface area (Å²) in [5.74, 6) is 0.669. The van der Waals surface area contributed by atoms with E-state index in [1.54, 1.807) is 0 Å². The van der Waals surface area contributed by atoms with Crippen LogP contribution in [0.15, 0.2) is 39.2 Å². The molecule has 2 aromatic rings. The second-order valence-electron chi connectivity index (χ2n) is 4.12. The van der Waals surface area contributed by atoms with Gasteiger partial charge >= 0.3 is 5.97 Å². The van der Waals surface area contributed by atoms with Crippen LogP contribution in [0.25, 0.3) is 11.3 Å². The van der Waals surface area contributed by atoms with Gasteiger partial charge in [0.15, 0.2) is 0 Å². The summed E-state index contributed by atoms with van der Waals surface area (Å²) in [5, 5.41) is 8.63. The smallest absolute Gasteiger partial charge is 0.303 e. The first-order valence-corrected chi connectivity index (χ1v) is 6.42. The molecule has 18 heavy (non-hydrogen) atoms. The fourth-order valence-electron chi connectivity index (χ4n) is 1.79. The van der Waals surface area contributed by atoms with Crippen molar-refractivity contribution in [2.24, 2.45) is 0 Å². The molecular formula is C14H13BrO3. The van der Waals surface area contributed by atoms with Crippen LogP contribution in [0.1, 0.15) is 17.7 Å². The van der Waals surface area contributed by atoms with Crippen molar-refractivity contribution in [3.63, 3.8) is 0 Å². The number of hydrogen-bond acceptors (Lipinski definition) is 2. The maximum absolute atomic E-state index is 10.5. The van der Waals surface area contributed by atoms with E-state index in [4.69, 9.17) is 9.52 Å². The topological polar surface area (TPSA) is 50.4 Å². The molecule has 1 aromatic carbocycles. The summed E-state index contributed by atoms with van der Waals surface area (Å²) in [7, 11) is 0. The van der Waals surface area contributed by atoms with Crippen LogP contribution in [0.3, 0.4) is 0 Å². The molecule has 0 atom stereocenters. The molecule has 0 aliphatic rings.